The van der Waals surface area contributed by atoms with Crippen molar-refractivity contribution in [1.82, 2.24) is 4.72 Å². The number of halogens is 3. The fourth-order valence-corrected chi connectivity index (χ4v) is 5.48. The van der Waals surface area contributed by atoms with E-state index in [1.54, 1.807) is 6.07 Å². The Morgan fingerprint density at radius 3 is 2.40 bits per heavy atom. The first-order valence-electron chi connectivity index (χ1n) is 10.0. The predicted octanol–water partition coefficient (Wildman–Crippen LogP) is 5.28. The molecule has 3 rings (SSSR count). The van der Waals surface area contributed by atoms with Gasteiger partial charge in [-0.15, -0.1) is 0 Å². The highest BCUT2D eigenvalue weighted by Gasteiger charge is 2.28. The summed E-state index contributed by atoms with van der Waals surface area (Å²) in [6.07, 6.45) is 4.38. The van der Waals surface area contributed by atoms with Crippen molar-refractivity contribution in [2.45, 2.75) is 50.7 Å². The summed E-state index contributed by atoms with van der Waals surface area (Å²) in [5.74, 6) is -2.10. The molecule has 0 unspecified atom stereocenters. The summed E-state index contributed by atoms with van der Waals surface area (Å²) in [6, 6.07) is 7.04. The van der Waals surface area contributed by atoms with E-state index in [4.69, 9.17) is 11.6 Å². The molecular weight excluding hydrogens is 432 g/mol. The van der Waals surface area contributed by atoms with E-state index in [1.165, 1.54) is 24.3 Å². The zero-order valence-corrected chi connectivity index (χ0v) is 18.3. The molecule has 0 bridgehead atoms. The second kappa shape index (κ2) is 9.54. The molecule has 0 heterocycles. The Morgan fingerprint density at radius 2 is 1.73 bits per heavy atom. The molecule has 0 saturated heterocycles. The second-order valence-electron chi connectivity index (χ2n) is 7.57. The maximum atomic E-state index is 14.5. The first-order valence-corrected chi connectivity index (χ1v) is 11.9. The van der Waals surface area contributed by atoms with E-state index in [-0.39, 0.29) is 10.6 Å². The molecule has 1 aliphatic carbocycles. The van der Waals surface area contributed by atoms with Crippen molar-refractivity contribution in [2.24, 2.45) is 0 Å². The van der Waals surface area contributed by atoms with E-state index in [0.717, 1.165) is 24.8 Å². The summed E-state index contributed by atoms with van der Waals surface area (Å²) in [5.41, 5.74) is 1.27. The highest BCUT2D eigenvalue weighted by atomic mass is 35.5. The maximum absolute atomic E-state index is 14.5. The number of carbonyl (C=O) groups excluding carboxylic acids is 1. The van der Waals surface area contributed by atoms with E-state index in [9.17, 15) is 22.0 Å². The van der Waals surface area contributed by atoms with Crippen molar-refractivity contribution >= 4 is 27.4 Å². The molecule has 8 heteroatoms. The molecule has 0 atom stereocenters. The standard InChI is InChI=1S/C22H24ClF2NO3S/c1-2-14-8-15(10-17(24)9-14)16-11-19(22(25)20(23)12-16)21(27)13-26-30(28,29)18-6-4-3-5-7-18/h8-12,18,26H,2-7,13H2,1H3. The van der Waals surface area contributed by atoms with Crippen LogP contribution in [0.2, 0.25) is 5.02 Å². The first kappa shape index (κ1) is 22.8. The lowest BCUT2D eigenvalue weighted by atomic mass is 9.98. The molecule has 1 fully saturated rings. The summed E-state index contributed by atoms with van der Waals surface area (Å²) in [5, 5.41) is -0.813. The van der Waals surface area contributed by atoms with Crippen molar-refractivity contribution < 1.29 is 22.0 Å². The largest absolute Gasteiger partial charge is 0.293 e. The summed E-state index contributed by atoms with van der Waals surface area (Å²) in [4.78, 5) is 12.6. The van der Waals surface area contributed by atoms with Crippen LogP contribution in [0.4, 0.5) is 8.78 Å². The van der Waals surface area contributed by atoms with Crippen molar-refractivity contribution in [3.05, 3.63) is 58.1 Å². The molecule has 2 aromatic carbocycles. The van der Waals surface area contributed by atoms with Crippen molar-refractivity contribution in [2.75, 3.05) is 6.54 Å². The number of nitrogens with one attached hydrogen (secondary N) is 1. The minimum Gasteiger partial charge on any atom is -0.293 e. The highest BCUT2D eigenvalue weighted by molar-refractivity contribution is 7.90. The fourth-order valence-electron chi connectivity index (χ4n) is 3.73. The molecule has 0 radical (unpaired) electrons. The van der Waals surface area contributed by atoms with Crippen LogP contribution >= 0.6 is 11.6 Å². The third-order valence-electron chi connectivity index (χ3n) is 5.45. The number of sulfonamides is 1. The summed E-state index contributed by atoms with van der Waals surface area (Å²) in [6.45, 7) is 1.32. The summed E-state index contributed by atoms with van der Waals surface area (Å²) in [7, 11) is -3.66. The minimum absolute atomic E-state index is 0.284. The van der Waals surface area contributed by atoms with Gasteiger partial charge in [-0.05, 0) is 60.2 Å². The van der Waals surface area contributed by atoms with E-state index in [2.05, 4.69) is 4.72 Å². The zero-order valence-electron chi connectivity index (χ0n) is 16.7. The quantitative estimate of drug-likeness (QED) is 0.577. The molecule has 0 amide bonds. The molecular formula is C22H24ClF2NO3S. The number of carbonyl (C=O) groups is 1. The molecule has 0 aromatic heterocycles. The van der Waals surface area contributed by atoms with E-state index >= 15 is 0 Å². The average molecular weight is 456 g/mol. The van der Waals surface area contributed by atoms with Crippen LogP contribution in [0, 0.1) is 11.6 Å². The van der Waals surface area contributed by atoms with Gasteiger partial charge in [0.05, 0.1) is 22.4 Å². The Hall–Kier alpha value is -1.83. The molecule has 0 spiro atoms. The maximum Gasteiger partial charge on any atom is 0.214 e. The summed E-state index contributed by atoms with van der Waals surface area (Å²) >= 11 is 5.98. The third kappa shape index (κ3) is 5.25. The van der Waals surface area contributed by atoms with Crippen LogP contribution in [0.5, 0.6) is 0 Å². The predicted molar refractivity (Wildman–Crippen MR) is 114 cm³/mol. The van der Waals surface area contributed by atoms with Gasteiger partial charge < -0.3 is 0 Å². The Bertz CT molecular complexity index is 1050. The number of hydrogen-bond donors (Lipinski definition) is 1. The monoisotopic (exact) mass is 455 g/mol. The van der Waals surface area contributed by atoms with Crippen LogP contribution in [0.15, 0.2) is 30.3 Å². The van der Waals surface area contributed by atoms with Gasteiger partial charge in [-0.25, -0.2) is 21.9 Å². The molecule has 1 saturated carbocycles. The van der Waals surface area contributed by atoms with Crippen LogP contribution in [0.25, 0.3) is 11.1 Å². The van der Waals surface area contributed by atoms with Gasteiger partial charge in [0, 0.05) is 0 Å². The fraction of sp³-hybridized carbons (Fsp3) is 0.409. The summed E-state index contributed by atoms with van der Waals surface area (Å²) < 4.78 is 55.7. The van der Waals surface area contributed by atoms with Gasteiger partial charge >= 0.3 is 0 Å². The van der Waals surface area contributed by atoms with E-state index in [0.29, 0.717) is 30.4 Å². The smallest absolute Gasteiger partial charge is 0.214 e. The lowest BCUT2D eigenvalue weighted by Crippen LogP contribution is -2.38. The van der Waals surface area contributed by atoms with Crippen molar-refractivity contribution in [1.29, 1.82) is 0 Å². The zero-order chi connectivity index (χ0) is 21.9. The van der Waals surface area contributed by atoms with Gasteiger partial charge in [0.1, 0.15) is 5.82 Å². The van der Waals surface area contributed by atoms with Crippen molar-refractivity contribution in [3.8, 4) is 11.1 Å². The number of aryl methyl sites for hydroxylation is 1. The van der Waals surface area contributed by atoms with Gasteiger partial charge in [0.2, 0.25) is 10.0 Å². The van der Waals surface area contributed by atoms with Gasteiger partial charge in [-0.2, -0.15) is 0 Å². The van der Waals surface area contributed by atoms with Crippen LogP contribution in [-0.2, 0) is 16.4 Å². The Labute approximate surface area is 180 Å². The van der Waals surface area contributed by atoms with E-state index in [1.807, 2.05) is 6.92 Å². The van der Waals surface area contributed by atoms with Crippen LogP contribution < -0.4 is 4.72 Å². The number of benzene rings is 2. The Kier molecular flexibility index (Phi) is 7.26. The second-order valence-corrected chi connectivity index (χ2v) is 10.0. The lowest BCUT2D eigenvalue weighted by Gasteiger charge is -2.21. The van der Waals surface area contributed by atoms with Gasteiger partial charge in [-0.3, -0.25) is 4.79 Å². The molecule has 1 N–H and O–H groups in total. The topological polar surface area (TPSA) is 63.2 Å². The third-order valence-corrected chi connectivity index (χ3v) is 7.62. The minimum atomic E-state index is -3.66. The highest BCUT2D eigenvalue weighted by Crippen LogP contribution is 2.30. The Morgan fingerprint density at radius 1 is 1.07 bits per heavy atom. The number of ketones is 1. The Balaban J connectivity index is 1.85. The van der Waals surface area contributed by atoms with Gasteiger partial charge in [0.15, 0.2) is 11.6 Å². The van der Waals surface area contributed by atoms with Crippen LogP contribution in [0.3, 0.4) is 0 Å². The van der Waals surface area contributed by atoms with Gasteiger partial charge in [0.25, 0.3) is 0 Å². The number of Topliss-reactive ketones (excluding diaryl/α,β-unsaturated/α-hetero) is 1. The van der Waals surface area contributed by atoms with Gasteiger partial charge in [-0.1, -0.05) is 43.9 Å². The van der Waals surface area contributed by atoms with Crippen LogP contribution in [0.1, 0.15) is 54.9 Å². The molecule has 1 aliphatic rings. The average Bonchev–Trinajstić information content (AvgIpc) is 2.74. The van der Waals surface area contributed by atoms with Crippen molar-refractivity contribution in [3.63, 3.8) is 0 Å². The SMILES string of the molecule is CCc1cc(F)cc(-c2cc(Cl)c(F)c(C(=O)CNS(=O)(=O)C3CCCCC3)c2)c1. The molecule has 2 aromatic rings. The molecule has 0 aliphatic heterocycles. The first-order chi connectivity index (χ1) is 14.2. The molecule has 162 valence electrons. The lowest BCUT2D eigenvalue weighted by molar-refractivity contribution is 0.0993. The molecule has 30 heavy (non-hydrogen) atoms. The van der Waals surface area contributed by atoms with Crippen LogP contribution in [-0.4, -0.2) is 26.0 Å². The normalized spacial score (nSPS) is 15.3. The number of rotatable bonds is 7. The number of hydrogen-bond acceptors (Lipinski definition) is 3. The molecule has 4 nitrogen and oxygen atoms in total. The van der Waals surface area contributed by atoms with E-state index < -0.39 is 39.2 Å².